The molecule has 1 aliphatic carbocycles. The van der Waals surface area contributed by atoms with E-state index >= 15 is 0 Å². The van der Waals surface area contributed by atoms with Crippen molar-refractivity contribution >= 4 is 23.1 Å². The van der Waals surface area contributed by atoms with Crippen molar-refractivity contribution in [2.24, 2.45) is 11.3 Å². The minimum Gasteiger partial charge on any atom is -0.507 e. The molecule has 38 heavy (non-hydrogen) atoms. The van der Waals surface area contributed by atoms with Crippen molar-refractivity contribution in [3.05, 3.63) is 64.4 Å². The van der Waals surface area contributed by atoms with Crippen LogP contribution >= 0.6 is 0 Å². The van der Waals surface area contributed by atoms with E-state index in [1.165, 1.54) is 24.0 Å². The number of hydrogen-bond acceptors (Lipinski definition) is 3. The van der Waals surface area contributed by atoms with E-state index in [-0.39, 0.29) is 11.0 Å². The summed E-state index contributed by atoms with van der Waals surface area (Å²) >= 11 is 0. The summed E-state index contributed by atoms with van der Waals surface area (Å²) in [7, 11) is 1.72. The monoisotopic (exact) mass is 515 g/mol. The topological polar surface area (TPSA) is 54.5 Å². The van der Waals surface area contributed by atoms with Crippen molar-refractivity contribution in [3.63, 3.8) is 0 Å². The Hall–Kier alpha value is -3.14. The van der Waals surface area contributed by atoms with Crippen LogP contribution in [0.3, 0.4) is 0 Å². The van der Waals surface area contributed by atoms with Crippen molar-refractivity contribution < 1.29 is 14.6 Å². The second-order valence-corrected chi connectivity index (χ2v) is 11.8. The van der Waals surface area contributed by atoms with Gasteiger partial charge in [0.15, 0.2) is 11.5 Å². The molecule has 1 aromatic heterocycles. The number of aromatic amines is 1. The van der Waals surface area contributed by atoms with Crippen molar-refractivity contribution in [1.82, 2.24) is 4.98 Å². The molecule has 2 heterocycles. The van der Waals surface area contributed by atoms with E-state index < -0.39 is 0 Å². The predicted octanol–water partition coefficient (Wildman–Crippen LogP) is 9.11. The van der Waals surface area contributed by atoms with Crippen LogP contribution in [0.4, 0.5) is 0 Å². The summed E-state index contributed by atoms with van der Waals surface area (Å²) in [5.41, 5.74) is 6.66. The fourth-order valence-electron chi connectivity index (χ4n) is 6.44. The van der Waals surface area contributed by atoms with Gasteiger partial charge >= 0.3 is 0 Å². The largest absolute Gasteiger partial charge is 0.507 e. The number of nitrogens with one attached hydrogen (secondary N) is 1. The third kappa shape index (κ3) is 5.36. The van der Waals surface area contributed by atoms with Crippen LogP contribution in [0.15, 0.2) is 42.1 Å². The molecule has 2 aromatic carbocycles. The van der Waals surface area contributed by atoms with Gasteiger partial charge in [-0.3, -0.25) is 0 Å². The van der Waals surface area contributed by atoms with Gasteiger partial charge < -0.3 is 19.6 Å². The average Bonchev–Trinajstić information content (AvgIpc) is 3.29. The number of rotatable bonds is 5. The second-order valence-electron chi connectivity index (χ2n) is 11.8. The van der Waals surface area contributed by atoms with Crippen LogP contribution in [0.1, 0.15) is 90.0 Å². The predicted molar refractivity (Wildman–Crippen MR) is 160 cm³/mol. The van der Waals surface area contributed by atoms with Gasteiger partial charge in [0.2, 0.25) is 0 Å². The molecule has 2 atom stereocenters. The molecule has 2 N–H and O–H groups in total. The highest BCUT2D eigenvalue weighted by Gasteiger charge is 2.51. The van der Waals surface area contributed by atoms with Crippen LogP contribution in [0.2, 0.25) is 0 Å². The lowest BCUT2D eigenvalue weighted by molar-refractivity contribution is -0.0827. The fourth-order valence-corrected chi connectivity index (χ4v) is 6.44. The number of phenolic OH excluding ortho intramolecular Hbond substituents is 1. The van der Waals surface area contributed by atoms with Crippen molar-refractivity contribution in [2.75, 3.05) is 7.11 Å². The highest BCUT2D eigenvalue weighted by atomic mass is 16.5. The highest BCUT2D eigenvalue weighted by molar-refractivity contribution is 5.92. The summed E-state index contributed by atoms with van der Waals surface area (Å²) in [6.45, 7) is 15.2. The van der Waals surface area contributed by atoms with Crippen molar-refractivity contribution in [1.29, 1.82) is 0 Å². The molecule has 4 nitrogen and oxygen atoms in total. The van der Waals surface area contributed by atoms with Gasteiger partial charge in [0.25, 0.3) is 0 Å². The van der Waals surface area contributed by atoms with Gasteiger partial charge in [0, 0.05) is 23.0 Å². The standard InChI is InChI=1S/C32H39NO3.C2H6/c1-20(2)8-11-23-19-33-25-15-22(16-26(34)29(23)25)10-9-21-14-24-18-28-31(3,4)12-7-13-32(28,5)36-30(24)27(17-21)35-6;1-2/h8-10,14-17,19,28,33-34H,7,11-13,18H2,1-6H3;1-2H3/b10-9+;/t28?,32-;/m1./s1. The molecule has 2 aliphatic rings. The number of methoxy groups -OCH3 is 1. The van der Waals surface area contributed by atoms with Gasteiger partial charge in [-0.1, -0.05) is 51.5 Å². The number of hydrogen-bond donors (Lipinski definition) is 2. The summed E-state index contributed by atoms with van der Waals surface area (Å²) in [6.07, 6.45) is 13.7. The Labute approximate surface area is 228 Å². The number of ether oxygens (including phenoxy) is 2. The van der Waals surface area contributed by atoms with Gasteiger partial charge in [-0.25, -0.2) is 0 Å². The maximum Gasteiger partial charge on any atom is 0.165 e. The molecule has 1 saturated carbocycles. The van der Waals surface area contributed by atoms with E-state index in [0.29, 0.717) is 11.7 Å². The van der Waals surface area contributed by atoms with E-state index in [0.717, 1.165) is 58.4 Å². The number of aromatic nitrogens is 1. The zero-order valence-electron chi connectivity index (χ0n) is 24.5. The number of aromatic hydroxyl groups is 1. The Balaban J connectivity index is 0.00000164. The molecular weight excluding hydrogens is 470 g/mol. The number of allylic oxidation sites excluding steroid dienone is 2. The third-order valence-corrected chi connectivity index (χ3v) is 8.37. The minimum absolute atomic E-state index is 0.146. The van der Waals surface area contributed by atoms with E-state index in [1.807, 2.05) is 26.1 Å². The van der Waals surface area contributed by atoms with Crippen molar-refractivity contribution in [3.8, 4) is 17.2 Å². The fraction of sp³-hybridized carbons (Fsp3) is 0.471. The van der Waals surface area contributed by atoms with E-state index in [9.17, 15) is 5.11 Å². The molecule has 1 unspecified atom stereocenters. The zero-order chi connectivity index (χ0) is 27.7. The van der Waals surface area contributed by atoms with Gasteiger partial charge in [-0.2, -0.15) is 0 Å². The molecule has 0 radical (unpaired) electrons. The van der Waals surface area contributed by atoms with Crippen molar-refractivity contribution in [2.45, 2.75) is 86.2 Å². The zero-order valence-corrected chi connectivity index (χ0v) is 24.5. The first-order chi connectivity index (χ1) is 18.1. The van der Waals surface area contributed by atoms with Gasteiger partial charge in [-0.05, 0) is 105 Å². The Bertz CT molecular complexity index is 1360. The molecule has 4 heteroatoms. The third-order valence-electron chi connectivity index (χ3n) is 8.37. The molecule has 1 aliphatic heterocycles. The van der Waals surface area contributed by atoms with E-state index in [1.54, 1.807) is 7.11 Å². The van der Waals surface area contributed by atoms with Gasteiger partial charge in [0.05, 0.1) is 7.11 Å². The van der Waals surface area contributed by atoms with Crippen LogP contribution in [0, 0.1) is 11.3 Å². The first kappa shape index (κ1) is 27.9. The lowest BCUT2D eigenvalue weighted by Crippen LogP contribution is -2.54. The maximum absolute atomic E-state index is 10.8. The molecule has 0 saturated heterocycles. The van der Waals surface area contributed by atoms with Crippen LogP contribution in [-0.4, -0.2) is 22.8 Å². The smallest absolute Gasteiger partial charge is 0.165 e. The summed E-state index contributed by atoms with van der Waals surface area (Å²) in [4.78, 5) is 3.33. The number of fused-ring (bicyclic) bond motifs is 3. The molecule has 0 amide bonds. The lowest BCUT2D eigenvalue weighted by Gasteiger charge is -2.53. The average molecular weight is 516 g/mol. The molecule has 5 rings (SSSR count). The molecular formula is C34H45NO3. The van der Waals surface area contributed by atoms with E-state index in [2.05, 4.69) is 76.0 Å². The Morgan fingerprint density at radius 1 is 1.08 bits per heavy atom. The first-order valence-electron chi connectivity index (χ1n) is 14.1. The van der Waals surface area contributed by atoms with Gasteiger partial charge in [-0.15, -0.1) is 0 Å². The maximum atomic E-state index is 10.8. The summed E-state index contributed by atoms with van der Waals surface area (Å²) in [5, 5.41) is 11.7. The Morgan fingerprint density at radius 3 is 2.47 bits per heavy atom. The molecule has 0 spiro atoms. The Kier molecular flexibility index (Phi) is 8.01. The number of phenols is 1. The first-order valence-corrected chi connectivity index (χ1v) is 14.1. The van der Waals surface area contributed by atoms with E-state index in [4.69, 9.17) is 9.47 Å². The summed E-state index contributed by atoms with van der Waals surface area (Å²) in [6, 6.07) is 8.22. The second kappa shape index (κ2) is 10.9. The Morgan fingerprint density at radius 2 is 1.79 bits per heavy atom. The van der Waals surface area contributed by atoms with Crippen LogP contribution in [0.25, 0.3) is 23.1 Å². The highest BCUT2D eigenvalue weighted by Crippen LogP contribution is 2.54. The lowest BCUT2D eigenvalue weighted by atomic mass is 9.59. The molecule has 204 valence electrons. The molecule has 3 aromatic rings. The van der Waals surface area contributed by atoms with Crippen LogP contribution in [0.5, 0.6) is 17.2 Å². The minimum atomic E-state index is -0.146. The normalized spacial score (nSPS) is 21.6. The van der Waals surface area contributed by atoms with Gasteiger partial charge in [0.1, 0.15) is 11.4 Å². The molecule has 1 fully saturated rings. The summed E-state index contributed by atoms with van der Waals surface area (Å²) in [5.74, 6) is 2.48. The SMILES string of the molecule is CC.COc1cc(/C=C/c2cc(O)c3c(CC=C(C)C)c[nH]c3c2)cc2c1O[C@]1(C)CCCC(C)(C)C1C2. The number of benzene rings is 2. The number of H-pyrrole nitrogens is 1. The summed E-state index contributed by atoms with van der Waals surface area (Å²) < 4.78 is 12.5. The van der Waals surface area contributed by atoms with Crippen LogP contribution in [-0.2, 0) is 12.8 Å². The van der Waals surface area contributed by atoms with Crippen LogP contribution < -0.4 is 9.47 Å². The molecule has 0 bridgehead atoms. The quantitative estimate of drug-likeness (QED) is 0.263.